The lowest BCUT2D eigenvalue weighted by molar-refractivity contribution is -0.112. The molecule has 1 saturated carbocycles. The van der Waals surface area contributed by atoms with Crippen LogP contribution in [0.1, 0.15) is 30.9 Å². The molecule has 1 aromatic carbocycles. The van der Waals surface area contributed by atoms with Crippen LogP contribution >= 0.6 is 0 Å². The number of benzene rings is 1. The molecule has 1 N–H and O–H groups in total. The van der Waals surface area contributed by atoms with Crippen molar-refractivity contribution in [1.29, 1.82) is 0 Å². The Bertz CT molecular complexity index is 394. The summed E-state index contributed by atoms with van der Waals surface area (Å²) in [6, 6.07) is 5.45. The molecule has 15 heavy (non-hydrogen) atoms. The van der Waals surface area contributed by atoms with E-state index in [4.69, 9.17) is 0 Å². The van der Waals surface area contributed by atoms with Crippen LogP contribution in [0.3, 0.4) is 0 Å². The first-order valence-electron chi connectivity index (χ1n) is 5.34. The number of phenols is 1. The summed E-state index contributed by atoms with van der Waals surface area (Å²) in [5, 5.41) is 9.45. The van der Waals surface area contributed by atoms with Crippen molar-refractivity contribution in [3.63, 3.8) is 0 Å². The Morgan fingerprint density at radius 3 is 2.60 bits per heavy atom. The molecule has 2 rings (SSSR count). The maximum Gasteiger partial charge on any atom is 0.130 e. The zero-order valence-corrected chi connectivity index (χ0v) is 9.16. The summed E-state index contributed by atoms with van der Waals surface area (Å²) in [6.45, 7) is 3.85. The van der Waals surface area contributed by atoms with Crippen LogP contribution in [0.4, 0.5) is 0 Å². The van der Waals surface area contributed by atoms with Gasteiger partial charge in [-0.05, 0) is 49.8 Å². The van der Waals surface area contributed by atoms with Crippen molar-refractivity contribution in [2.24, 2.45) is 5.92 Å². The summed E-state index contributed by atoms with van der Waals surface area (Å²) >= 11 is 0. The molecule has 2 heteroatoms. The fraction of sp³-hybridized carbons (Fsp3) is 0.462. The molecule has 80 valence electrons. The second-order valence-corrected chi connectivity index (χ2v) is 4.68. The number of hydrogen-bond donors (Lipinski definition) is 1. The molecular weight excluding hydrogens is 188 g/mol. The van der Waals surface area contributed by atoms with E-state index in [0.717, 1.165) is 30.3 Å². The molecule has 0 aliphatic heterocycles. The van der Waals surface area contributed by atoms with Gasteiger partial charge in [-0.1, -0.05) is 12.1 Å². The molecule has 1 aliphatic rings. The molecule has 0 heterocycles. The van der Waals surface area contributed by atoms with Gasteiger partial charge in [0.1, 0.15) is 12.0 Å². The smallest absolute Gasteiger partial charge is 0.130 e. The van der Waals surface area contributed by atoms with Crippen LogP contribution in [-0.2, 0) is 10.2 Å². The molecule has 0 aromatic heterocycles. The van der Waals surface area contributed by atoms with Crippen LogP contribution in [0.25, 0.3) is 0 Å². The Labute approximate surface area is 89.9 Å². The third-order valence-corrected chi connectivity index (χ3v) is 3.49. The highest BCUT2D eigenvalue weighted by atomic mass is 16.3. The number of hydrogen-bond acceptors (Lipinski definition) is 2. The Hall–Kier alpha value is -1.31. The van der Waals surface area contributed by atoms with Gasteiger partial charge in [-0.25, -0.2) is 0 Å². The zero-order chi connectivity index (χ0) is 11.1. The molecule has 1 aliphatic carbocycles. The Morgan fingerprint density at radius 2 is 2.13 bits per heavy atom. The van der Waals surface area contributed by atoms with E-state index in [2.05, 4.69) is 0 Å². The maximum absolute atomic E-state index is 11.2. The Morgan fingerprint density at radius 1 is 1.47 bits per heavy atom. The number of carbonyl (C=O) groups is 1. The standard InChI is InChI=1S/C13H16O2/c1-9-7-11(5-6-12(9)15)13(2,8-14)10-3-4-10/h5-8,10,15H,3-4H2,1-2H3. The SMILES string of the molecule is Cc1cc(C(C)(C=O)C2CC2)ccc1O. The average Bonchev–Trinajstić information content (AvgIpc) is 3.04. The van der Waals surface area contributed by atoms with Crippen LogP contribution < -0.4 is 0 Å². The summed E-state index contributed by atoms with van der Waals surface area (Å²) in [6.07, 6.45) is 3.32. The third-order valence-electron chi connectivity index (χ3n) is 3.49. The monoisotopic (exact) mass is 204 g/mol. The lowest BCUT2D eigenvalue weighted by atomic mass is 9.79. The third kappa shape index (κ3) is 1.65. The van der Waals surface area contributed by atoms with Gasteiger partial charge in [-0.3, -0.25) is 0 Å². The zero-order valence-electron chi connectivity index (χ0n) is 9.16. The average molecular weight is 204 g/mol. The number of phenolic OH excluding ortho intramolecular Hbond substituents is 1. The molecule has 0 radical (unpaired) electrons. The largest absolute Gasteiger partial charge is 0.508 e. The van der Waals surface area contributed by atoms with Gasteiger partial charge in [0.15, 0.2) is 0 Å². The first-order chi connectivity index (χ1) is 7.08. The van der Waals surface area contributed by atoms with E-state index in [1.165, 1.54) is 0 Å². The Kier molecular flexibility index (Phi) is 2.29. The number of aryl methyl sites for hydroxylation is 1. The van der Waals surface area contributed by atoms with Crippen molar-refractivity contribution >= 4 is 6.29 Å². The summed E-state index contributed by atoms with van der Waals surface area (Å²) in [5.74, 6) is 0.779. The summed E-state index contributed by atoms with van der Waals surface area (Å²) in [7, 11) is 0. The van der Waals surface area contributed by atoms with E-state index < -0.39 is 0 Å². The molecule has 0 amide bonds. The normalized spacial score (nSPS) is 19.6. The first kappa shape index (κ1) is 10.2. The molecule has 1 aromatic rings. The number of rotatable bonds is 3. The predicted molar refractivity (Wildman–Crippen MR) is 59.0 cm³/mol. The quantitative estimate of drug-likeness (QED) is 0.768. The van der Waals surface area contributed by atoms with Crippen molar-refractivity contribution in [1.82, 2.24) is 0 Å². The highest BCUT2D eigenvalue weighted by Gasteiger charge is 2.42. The molecular formula is C13H16O2. The van der Waals surface area contributed by atoms with Gasteiger partial charge in [0, 0.05) is 0 Å². The van der Waals surface area contributed by atoms with Crippen molar-refractivity contribution in [3.05, 3.63) is 29.3 Å². The lowest BCUT2D eigenvalue weighted by Gasteiger charge is -2.23. The van der Waals surface area contributed by atoms with E-state index in [0.29, 0.717) is 11.7 Å². The van der Waals surface area contributed by atoms with Crippen molar-refractivity contribution in [2.45, 2.75) is 32.1 Å². The van der Waals surface area contributed by atoms with Crippen LogP contribution in [0.5, 0.6) is 5.75 Å². The Balaban J connectivity index is 2.42. The van der Waals surface area contributed by atoms with Gasteiger partial charge >= 0.3 is 0 Å². The van der Waals surface area contributed by atoms with Crippen molar-refractivity contribution in [3.8, 4) is 5.75 Å². The molecule has 0 spiro atoms. The van der Waals surface area contributed by atoms with Gasteiger partial charge in [0.25, 0.3) is 0 Å². The fourth-order valence-electron chi connectivity index (χ4n) is 2.07. The fourth-order valence-corrected chi connectivity index (χ4v) is 2.07. The topological polar surface area (TPSA) is 37.3 Å². The predicted octanol–water partition coefficient (Wildman–Crippen LogP) is 2.57. The van der Waals surface area contributed by atoms with Gasteiger partial charge in [0.05, 0.1) is 5.41 Å². The van der Waals surface area contributed by atoms with Crippen LogP contribution in [0.15, 0.2) is 18.2 Å². The molecule has 0 saturated heterocycles. The number of aldehydes is 1. The maximum atomic E-state index is 11.2. The van der Waals surface area contributed by atoms with Crippen molar-refractivity contribution < 1.29 is 9.90 Å². The van der Waals surface area contributed by atoms with Gasteiger partial charge in [-0.2, -0.15) is 0 Å². The summed E-state index contributed by atoms with van der Waals surface area (Å²) < 4.78 is 0. The van der Waals surface area contributed by atoms with E-state index in [9.17, 15) is 9.90 Å². The van der Waals surface area contributed by atoms with E-state index in [-0.39, 0.29) is 5.41 Å². The minimum absolute atomic E-state index is 0.294. The lowest BCUT2D eigenvalue weighted by Crippen LogP contribution is -2.26. The molecule has 1 unspecified atom stereocenters. The highest BCUT2D eigenvalue weighted by Crippen LogP contribution is 2.46. The summed E-state index contributed by atoms with van der Waals surface area (Å²) in [4.78, 5) is 11.2. The first-order valence-corrected chi connectivity index (χ1v) is 5.34. The summed E-state index contributed by atoms with van der Waals surface area (Å²) in [5.41, 5.74) is 1.50. The van der Waals surface area contributed by atoms with Gasteiger partial charge < -0.3 is 9.90 Å². The number of aromatic hydroxyl groups is 1. The second-order valence-electron chi connectivity index (χ2n) is 4.68. The second kappa shape index (κ2) is 3.37. The van der Waals surface area contributed by atoms with Gasteiger partial charge in [0.2, 0.25) is 0 Å². The molecule has 0 bridgehead atoms. The van der Waals surface area contributed by atoms with Gasteiger partial charge in [-0.15, -0.1) is 0 Å². The molecule has 1 fully saturated rings. The van der Waals surface area contributed by atoms with Crippen LogP contribution in [0, 0.1) is 12.8 Å². The minimum Gasteiger partial charge on any atom is -0.508 e. The van der Waals surface area contributed by atoms with E-state index in [1.807, 2.05) is 26.0 Å². The van der Waals surface area contributed by atoms with E-state index >= 15 is 0 Å². The van der Waals surface area contributed by atoms with Crippen LogP contribution in [-0.4, -0.2) is 11.4 Å². The van der Waals surface area contributed by atoms with Crippen LogP contribution in [0.2, 0.25) is 0 Å². The highest BCUT2D eigenvalue weighted by molar-refractivity contribution is 5.69. The molecule has 1 atom stereocenters. The minimum atomic E-state index is -0.363. The van der Waals surface area contributed by atoms with E-state index in [1.54, 1.807) is 6.07 Å². The molecule has 2 nitrogen and oxygen atoms in total. The van der Waals surface area contributed by atoms with Crippen molar-refractivity contribution in [2.75, 3.05) is 0 Å². The number of carbonyl (C=O) groups excluding carboxylic acids is 1.